The maximum atomic E-state index is 8.81. The SMILES string of the molecule is Cc1cc2ccccn2c1.Cc1ccc2ccoc2c1.Cc1ccc2cn[nH]c2c1.Cc1cccc(O)c1. The number of pyridine rings is 1. The van der Waals surface area contributed by atoms with Gasteiger partial charge in [0.15, 0.2) is 0 Å². The zero-order chi connectivity index (χ0) is 26.9. The van der Waals surface area contributed by atoms with Crippen molar-refractivity contribution in [2.45, 2.75) is 27.7 Å². The maximum Gasteiger partial charge on any atom is 0.134 e. The first-order chi connectivity index (χ1) is 18.4. The standard InChI is InChI=1S/C9H9N.C9H8O.C8H8N2.C7H8O/c1-8-6-9-4-2-3-5-10(9)7-8;1-7-2-3-8-4-5-10-9(8)6-7;1-6-2-3-7-5-9-10-8(7)4-6;1-6-3-2-4-7(8)5-6/h2-7H,1H3;2-6H,1H3;2-5H,1H3,(H,9,10);2-5,8H,1H3. The van der Waals surface area contributed by atoms with E-state index in [9.17, 15) is 0 Å². The number of aromatic nitrogens is 3. The number of fused-ring (bicyclic) bond motifs is 3. The summed E-state index contributed by atoms with van der Waals surface area (Å²) in [5, 5.41) is 18.0. The lowest BCUT2D eigenvalue weighted by atomic mass is 10.2. The Kier molecular flexibility index (Phi) is 8.62. The number of rotatable bonds is 0. The molecule has 0 unspecified atom stereocenters. The van der Waals surface area contributed by atoms with Crippen LogP contribution in [0.4, 0.5) is 0 Å². The molecule has 5 heteroatoms. The van der Waals surface area contributed by atoms with Crippen molar-refractivity contribution in [2.75, 3.05) is 0 Å². The molecular formula is C33H33N3O2. The third kappa shape index (κ3) is 7.37. The highest BCUT2D eigenvalue weighted by Gasteiger charge is 1.94. The number of furan rings is 1. The van der Waals surface area contributed by atoms with Crippen LogP contribution in [0, 0.1) is 27.7 Å². The lowest BCUT2D eigenvalue weighted by Crippen LogP contribution is -1.75. The van der Waals surface area contributed by atoms with Crippen LogP contribution in [-0.2, 0) is 0 Å². The first-order valence-corrected chi connectivity index (χ1v) is 12.5. The Morgan fingerprint density at radius 2 is 1.47 bits per heavy atom. The number of phenols is 1. The van der Waals surface area contributed by atoms with Gasteiger partial charge in [0.1, 0.15) is 11.3 Å². The summed E-state index contributed by atoms with van der Waals surface area (Å²) in [4.78, 5) is 0. The van der Waals surface area contributed by atoms with Crippen LogP contribution in [-0.4, -0.2) is 19.7 Å². The molecule has 4 aromatic heterocycles. The molecule has 192 valence electrons. The van der Waals surface area contributed by atoms with Crippen LogP contribution in [0.2, 0.25) is 0 Å². The van der Waals surface area contributed by atoms with Crippen molar-refractivity contribution in [3.63, 3.8) is 0 Å². The smallest absolute Gasteiger partial charge is 0.134 e. The van der Waals surface area contributed by atoms with Gasteiger partial charge in [0.25, 0.3) is 0 Å². The third-order valence-corrected chi connectivity index (χ3v) is 5.85. The van der Waals surface area contributed by atoms with Crippen LogP contribution in [0.25, 0.3) is 27.4 Å². The number of benzene rings is 3. The van der Waals surface area contributed by atoms with Crippen LogP contribution in [0.1, 0.15) is 22.3 Å². The van der Waals surface area contributed by atoms with Crippen molar-refractivity contribution in [3.8, 4) is 5.75 Å². The molecule has 3 aromatic carbocycles. The highest BCUT2D eigenvalue weighted by molar-refractivity contribution is 5.78. The number of phenolic OH excluding ortho intramolecular Hbond substituents is 1. The summed E-state index contributed by atoms with van der Waals surface area (Å²) < 4.78 is 7.32. The van der Waals surface area contributed by atoms with Gasteiger partial charge in [-0.1, -0.05) is 42.5 Å². The van der Waals surface area contributed by atoms with Crippen molar-refractivity contribution in [1.29, 1.82) is 0 Å². The summed E-state index contributed by atoms with van der Waals surface area (Å²) in [6.45, 7) is 8.18. The zero-order valence-electron chi connectivity index (χ0n) is 22.2. The number of aromatic hydroxyl groups is 1. The molecule has 5 nitrogen and oxygen atoms in total. The van der Waals surface area contributed by atoms with E-state index in [1.807, 2.05) is 43.5 Å². The van der Waals surface area contributed by atoms with Crippen molar-refractivity contribution >= 4 is 27.4 Å². The minimum absolute atomic E-state index is 0.338. The second-order valence-corrected chi connectivity index (χ2v) is 9.31. The number of aryl methyl sites for hydroxylation is 4. The van der Waals surface area contributed by atoms with E-state index in [-0.39, 0.29) is 0 Å². The van der Waals surface area contributed by atoms with Gasteiger partial charge in [0.2, 0.25) is 0 Å². The molecule has 2 N–H and O–H groups in total. The van der Waals surface area contributed by atoms with E-state index in [1.165, 1.54) is 33.0 Å². The van der Waals surface area contributed by atoms with Crippen LogP contribution in [0.15, 0.2) is 120 Å². The van der Waals surface area contributed by atoms with E-state index in [2.05, 4.69) is 96.3 Å². The average molecular weight is 504 g/mol. The predicted molar refractivity (Wildman–Crippen MR) is 157 cm³/mol. The Morgan fingerprint density at radius 3 is 2.21 bits per heavy atom. The van der Waals surface area contributed by atoms with Gasteiger partial charge >= 0.3 is 0 Å². The Bertz CT molecular complexity index is 1620. The van der Waals surface area contributed by atoms with Gasteiger partial charge < -0.3 is 13.9 Å². The van der Waals surface area contributed by atoms with Crippen molar-refractivity contribution in [3.05, 3.63) is 138 Å². The molecule has 0 saturated carbocycles. The number of nitrogens with zero attached hydrogens (tertiary/aromatic N) is 2. The Labute approximate surface area is 223 Å². The second kappa shape index (κ2) is 12.5. The highest BCUT2D eigenvalue weighted by atomic mass is 16.3. The molecule has 38 heavy (non-hydrogen) atoms. The molecule has 0 radical (unpaired) electrons. The lowest BCUT2D eigenvalue weighted by molar-refractivity contribution is 0.475. The quantitative estimate of drug-likeness (QED) is 0.218. The Hall–Kier alpha value is -4.77. The number of hydrogen-bond acceptors (Lipinski definition) is 3. The summed E-state index contributed by atoms with van der Waals surface area (Å²) in [6.07, 6.45) is 7.72. The number of hydrogen-bond donors (Lipinski definition) is 2. The molecule has 0 aliphatic heterocycles. The summed E-state index contributed by atoms with van der Waals surface area (Å²) >= 11 is 0. The number of H-pyrrole nitrogens is 1. The first kappa shape index (κ1) is 26.3. The van der Waals surface area contributed by atoms with Crippen molar-refractivity contribution < 1.29 is 9.52 Å². The van der Waals surface area contributed by atoms with Crippen LogP contribution < -0.4 is 0 Å². The monoisotopic (exact) mass is 503 g/mol. The van der Waals surface area contributed by atoms with Crippen molar-refractivity contribution in [2.24, 2.45) is 0 Å². The van der Waals surface area contributed by atoms with Gasteiger partial charge in [0, 0.05) is 28.7 Å². The van der Waals surface area contributed by atoms with E-state index in [0.29, 0.717) is 5.75 Å². The molecule has 0 saturated heterocycles. The van der Waals surface area contributed by atoms with Crippen LogP contribution in [0.3, 0.4) is 0 Å². The van der Waals surface area contributed by atoms with E-state index in [1.54, 1.807) is 18.4 Å². The van der Waals surface area contributed by atoms with Gasteiger partial charge in [-0.05, 0) is 98.5 Å². The van der Waals surface area contributed by atoms with E-state index < -0.39 is 0 Å². The minimum atomic E-state index is 0.338. The molecule has 4 heterocycles. The summed E-state index contributed by atoms with van der Waals surface area (Å²) in [5.74, 6) is 0.338. The molecular weight excluding hydrogens is 470 g/mol. The topological polar surface area (TPSA) is 66.5 Å². The third-order valence-electron chi connectivity index (χ3n) is 5.85. The largest absolute Gasteiger partial charge is 0.508 e. The van der Waals surface area contributed by atoms with Crippen LogP contribution >= 0.6 is 0 Å². The molecule has 0 aliphatic rings. The fourth-order valence-corrected chi connectivity index (χ4v) is 3.94. The molecule has 0 atom stereocenters. The predicted octanol–water partition coefficient (Wildman–Crippen LogP) is 8.56. The van der Waals surface area contributed by atoms with Gasteiger partial charge in [-0.25, -0.2) is 0 Å². The van der Waals surface area contributed by atoms with Gasteiger partial charge in [-0.2, -0.15) is 5.10 Å². The normalized spacial score (nSPS) is 10.2. The van der Waals surface area contributed by atoms with Gasteiger partial charge in [0.05, 0.1) is 18.0 Å². The summed E-state index contributed by atoms with van der Waals surface area (Å²) in [7, 11) is 0. The summed E-state index contributed by atoms with van der Waals surface area (Å²) in [6, 6.07) is 29.9. The molecule has 7 rings (SSSR count). The highest BCUT2D eigenvalue weighted by Crippen LogP contribution is 2.16. The van der Waals surface area contributed by atoms with Crippen molar-refractivity contribution in [1.82, 2.24) is 14.6 Å². The molecule has 7 aromatic rings. The Morgan fingerprint density at radius 1 is 0.711 bits per heavy atom. The number of aromatic amines is 1. The molecule has 0 aliphatic carbocycles. The van der Waals surface area contributed by atoms with E-state index in [0.717, 1.165) is 16.7 Å². The minimum Gasteiger partial charge on any atom is -0.508 e. The molecule has 0 fully saturated rings. The second-order valence-electron chi connectivity index (χ2n) is 9.31. The Balaban J connectivity index is 0.000000119. The fourth-order valence-electron chi connectivity index (χ4n) is 3.94. The first-order valence-electron chi connectivity index (χ1n) is 12.5. The van der Waals surface area contributed by atoms with Gasteiger partial charge in [-0.15, -0.1) is 0 Å². The summed E-state index contributed by atoms with van der Waals surface area (Å²) in [5.41, 5.74) is 8.25. The van der Waals surface area contributed by atoms with Gasteiger partial charge in [-0.3, -0.25) is 5.10 Å². The molecule has 0 spiro atoms. The van der Waals surface area contributed by atoms with E-state index in [4.69, 9.17) is 9.52 Å². The molecule has 0 bridgehead atoms. The van der Waals surface area contributed by atoms with Crippen LogP contribution in [0.5, 0.6) is 5.75 Å². The average Bonchev–Trinajstić information content (AvgIpc) is 3.63. The number of nitrogens with one attached hydrogen (secondary N) is 1. The molecule has 0 amide bonds. The maximum absolute atomic E-state index is 8.81. The lowest BCUT2D eigenvalue weighted by Gasteiger charge is -1.89. The fraction of sp³-hybridized carbons (Fsp3) is 0.121. The zero-order valence-corrected chi connectivity index (χ0v) is 22.2. The van der Waals surface area contributed by atoms with E-state index >= 15 is 0 Å².